The fourth-order valence-electron chi connectivity index (χ4n) is 5.72. The summed E-state index contributed by atoms with van der Waals surface area (Å²) in [6.07, 6.45) is 8.44. The van der Waals surface area contributed by atoms with Crippen LogP contribution in [0.3, 0.4) is 0 Å². The molecule has 21 heavy (non-hydrogen) atoms. The van der Waals surface area contributed by atoms with Crippen LogP contribution in [0.15, 0.2) is 52.7 Å². The lowest BCUT2D eigenvalue weighted by Crippen LogP contribution is -2.45. The zero-order valence-corrected chi connectivity index (χ0v) is 13.2. The molecule has 1 aromatic carbocycles. The Morgan fingerprint density at radius 2 is 1.76 bits per heavy atom. The van der Waals surface area contributed by atoms with Crippen LogP contribution < -0.4 is 0 Å². The molecule has 110 valence electrons. The predicted molar refractivity (Wildman–Crippen MR) is 85.1 cm³/mol. The van der Waals surface area contributed by atoms with Crippen LogP contribution in [0.25, 0.3) is 0 Å². The second-order valence-corrected chi connectivity index (χ2v) is 7.43. The Hall–Kier alpha value is -1.44. The second-order valence-electron chi connectivity index (χ2n) is 7.43. The van der Waals surface area contributed by atoms with Crippen molar-refractivity contribution in [3.05, 3.63) is 48.0 Å². The van der Waals surface area contributed by atoms with E-state index in [2.05, 4.69) is 63.3 Å². The van der Waals surface area contributed by atoms with Crippen LogP contribution in [-0.4, -0.2) is 5.54 Å². The molecule has 2 fully saturated rings. The molecular weight excluding hydrogens is 256 g/mol. The highest BCUT2D eigenvalue weighted by molar-refractivity contribution is 5.42. The van der Waals surface area contributed by atoms with Gasteiger partial charge in [-0.2, -0.15) is 10.2 Å². The molecule has 1 aliphatic heterocycles. The molecule has 0 amide bonds. The molecule has 1 heterocycles. The molecular formula is C19H24N2. The van der Waals surface area contributed by atoms with E-state index in [0.717, 1.165) is 0 Å². The van der Waals surface area contributed by atoms with Gasteiger partial charge in [-0.3, -0.25) is 0 Å². The average Bonchev–Trinajstić information content (AvgIpc) is 3.09. The zero-order chi connectivity index (χ0) is 14.7. The van der Waals surface area contributed by atoms with E-state index in [1.54, 1.807) is 0 Å². The highest BCUT2D eigenvalue weighted by atomic mass is 15.3. The van der Waals surface area contributed by atoms with Gasteiger partial charge in [0.2, 0.25) is 0 Å². The number of allylic oxidation sites excluding steroid dienone is 1. The van der Waals surface area contributed by atoms with E-state index < -0.39 is 0 Å². The summed E-state index contributed by atoms with van der Waals surface area (Å²) in [5.74, 6) is 1.30. The smallest absolute Gasteiger partial charge is 0.117 e. The quantitative estimate of drug-likeness (QED) is 0.672. The standard InChI is InChI=1S/C19H24N2/c1-4-13-18-15-11-8-12-16(15)19(21-20-18,17(18,2)3)14-9-6-5-7-10-14/h4-7,9-10,13,15-16H,8,11-12H2,1-3H3/b13-4+. The van der Waals surface area contributed by atoms with Crippen LogP contribution in [0.4, 0.5) is 0 Å². The summed E-state index contributed by atoms with van der Waals surface area (Å²) < 4.78 is 0. The summed E-state index contributed by atoms with van der Waals surface area (Å²) in [6, 6.07) is 10.9. The maximum Gasteiger partial charge on any atom is 0.117 e. The van der Waals surface area contributed by atoms with E-state index >= 15 is 0 Å². The molecule has 2 bridgehead atoms. The SMILES string of the molecule is C/C=C/C12N=NC(c3ccccc3)(C3CCCC31)C2(C)C. The third-order valence-corrected chi connectivity index (χ3v) is 6.58. The van der Waals surface area contributed by atoms with Gasteiger partial charge in [0, 0.05) is 5.41 Å². The third-order valence-electron chi connectivity index (χ3n) is 6.58. The largest absolute Gasteiger partial charge is 0.181 e. The first-order valence-electron chi connectivity index (χ1n) is 8.23. The first-order valence-corrected chi connectivity index (χ1v) is 8.23. The van der Waals surface area contributed by atoms with Crippen molar-refractivity contribution in [1.82, 2.24) is 0 Å². The van der Waals surface area contributed by atoms with Gasteiger partial charge in [-0.25, -0.2) is 0 Å². The molecule has 0 saturated heterocycles. The number of azo groups is 1. The van der Waals surface area contributed by atoms with E-state index in [4.69, 9.17) is 10.2 Å². The Bertz CT molecular complexity index is 616. The van der Waals surface area contributed by atoms with E-state index in [9.17, 15) is 0 Å². The van der Waals surface area contributed by atoms with Gasteiger partial charge in [-0.1, -0.05) is 62.8 Å². The van der Waals surface area contributed by atoms with Crippen molar-refractivity contribution in [2.75, 3.05) is 0 Å². The fraction of sp³-hybridized carbons (Fsp3) is 0.579. The van der Waals surface area contributed by atoms with Gasteiger partial charge in [0.05, 0.1) is 0 Å². The van der Waals surface area contributed by atoms with Gasteiger partial charge in [-0.15, -0.1) is 0 Å². The lowest BCUT2D eigenvalue weighted by Gasteiger charge is -2.40. The van der Waals surface area contributed by atoms with E-state index in [1.807, 2.05) is 0 Å². The summed E-state index contributed by atoms with van der Waals surface area (Å²) >= 11 is 0. The van der Waals surface area contributed by atoms with Crippen molar-refractivity contribution in [3.8, 4) is 0 Å². The van der Waals surface area contributed by atoms with Crippen molar-refractivity contribution < 1.29 is 0 Å². The van der Waals surface area contributed by atoms with Crippen LogP contribution in [-0.2, 0) is 5.54 Å². The number of rotatable bonds is 2. The topological polar surface area (TPSA) is 24.7 Å². The van der Waals surface area contributed by atoms with Crippen molar-refractivity contribution in [1.29, 1.82) is 0 Å². The highest BCUT2D eigenvalue weighted by Crippen LogP contribution is 2.74. The van der Waals surface area contributed by atoms with Gasteiger partial charge < -0.3 is 0 Å². The van der Waals surface area contributed by atoms with Gasteiger partial charge in [0.1, 0.15) is 11.1 Å². The molecule has 0 N–H and O–H groups in total. The van der Waals surface area contributed by atoms with E-state index in [0.29, 0.717) is 11.8 Å². The van der Waals surface area contributed by atoms with Crippen LogP contribution in [0, 0.1) is 17.3 Å². The normalized spacial score (nSPS) is 42.8. The Morgan fingerprint density at radius 3 is 2.48 bits per heavy atom. The molecule has 4 atom stereocenters. The molecule has 2 aliphatic carbocycles. The van der Waals surface area contributed by atoms with Crippen molar-refractivity contribution in [3.63, 3.8) is 0 Å². The van der Waals surface area contributed by atoms with Gasteiger partial charge in [-0.05, 0) is 37.2 Å². The van der Waals surface area contributed by atoms with Gasteiger partial charge in [0.15, 0.2) is 0 Å². The molecule has 4 rings (SSSR count). The fourth-order valence-corrected chi connectivity index (χ4v) is 5.72. The van der Waals surface area contributed by atoms with Crippen LogP contribution >= 0.6 is 0 Å². The maximum absolute atomic E-state index is 4.97. The molecule has 2 saturated carbocycles. The van der Waals surface area contributed by atoms with Crippen LogP contribution in [0.2, 0.25) is 0 Å². The second kappa shape index (κ2) is 4.06. The van der Waals surface area contributed by atoms with Gasteiger partial charge in [0.25, 0.3) is 0 Å². The summed E-state index contributed by atoms with van der Waals surface area (Å²) in [6.45, 7) is 6.89. The Balaban J connectivity index is 1.98. The summed E-state index contributed by atoms with van der Waals surface area (Å²) in [4.78, 5) is 0. The number of hydrogen-bond acceptors (Lipinski definition) is 2. The third kappa shape index (κ3) is 1.26. The maximum atomic E-state index is 4.97. The number of benzene rings is 1. The Kier molecular flexibility index (Phi) is 2.56. The van der Waals surface area contributed by atoms with Crippen molar-refractivity contribution in [2.24, 2.45) is 27.5 Å². The Morgan fingerprint density at radius 1 is 1.05 bits per heavy atom. The average molecular weight is 280 g/mol. The first kappa shape index (κ1) is 13.2. The molecule has 0 spiro atoms. The van der Waals surface area contributed by atoms with E-state index in [1.165, 1.54) is 24.8 Å². The minimum Gasteiger partial charge on any atom is -0.181 e. The lowest BCUT2D eigenvalue weighted by molar-refractivity contribution is 0.164. The molecule has 1 aromatic rings. The summed E-state index contributed by atoms with van der Waals surface area (Å²) in [5.41, 5.74) is 1.18. The molecule has 4 unspecified atom stereocenters. The minimum absolute atomic E-state index is 0.0453. The number of fused-ring (bicyclic) bond motifs is 5. The molecule has 3 aliphatic rings. The minimum atomic E-state index is -0.130. The van der Waals surface area contributed by atoms with Crippen molar-refractivity contribution in [2.45, 2.75) is 51.1 Å². The lowest BCUT2D eigenvalue weighted by atomic mass is 9.63. The van der Waals surface area contributed by atoms with Gasteiger partial charge >= 0.3 is 0 Å². The van der Waals surface area contributed by atoms with E-state index in [-0.39, 0.29) is 16.5 Å². The molecule has 0 aromatic heterocycles. The highest BCUT2D eigenvalue weighted by Gasteiger charge is 2.76. The number of hydrogen-bond donors (Lipinski definition) is 0. The first-order chi connectivity index (χ1) is 10.1. The zero-order valence-electron chi connectivity index (χ0n) is 13.2. The molecule has 2 heteroatoms. The van der Waals surface area contributed by atoms with Crippen LogP contribution in [0.5, 0.6) is 0 Å². The monoisotopic (exact) mass is 280 g/mol. The molecule has 0 radical (unpaired) electrons. The predicted octanol–water partition coefficient (Wildman–Crippen LogP) is 5.12. The summed E-state index contributed by atoms with van der Waals surface area (Å²) in [5, 5.41) is 9.87. The van der Waals surface area contributed by atoms with Crippen molar-refractivity contribution >= 4 is 0 Å². The number of nitrogens with zero attached hydrogens (tertiary/aromatic N) is 2. The molecule has 2 nitrogen and oxygen atoms in total. The summed E-state index contributed by atoms with van der Waals surface area (Å²) in [7, 11) is 0. The Labute approximate surface area is 127 Å². The van der Waals surface area contributed by atoms with Crippen LogP contribution in [0.1, 0.15) is 45.6 Å².